The minimum atomic E-state index is -0.624. The van der Waals surface area contributed by atoms with E-state index in [1.807, 2.05) is 37.5 Å². The molecule has 4 nitrogen and oxygen atoms in total. The summed E-state index contributed by atoms with van der Waals surface area (Å²) in [5, 5.41) is 6.79. The predicted octanol–water partition coefficient (Wildman–Crippen LogP) is 4.24. The Kier molecular flexibility index (Phi) is 5.31. The Bertz CT molecular complexity index is 1300. The van der Waals surface area contributed by atoms with Gasteiger partial charge in [-0.05, 0) is 0 Å². The van der Waals surface area contributed by atoms with Gasteiger partial charge in [-0.2, -0.15) is 0 Å². The van der Waals surface area contributed by atoms with E-state index in [1.54, 1.807) is 17.5 Å². The number of nitrogens with zero attached hydrogens (tertiary/aromatic N) is 3. The number of rotatable bonds is 5. The molecule has 30 heavy (non-hydrogen) atoms. The summed E-state index contributed by atoms with van der Waals surface area (Å²) in [6.07, 6.45) is 5.59. The zero-order valence-electron chi connectivity index (χ0n) is 16.2. The van der Waals surface area contributed by atoms with Gasteiger partial charge in [0.1, 0.15) is 0 Å². The van der Waals surface area contributed by atoms with Crippen LogP contribution in [0.15, 0.2) is 83.9 Å². The maximum atomic E-state index is 5.87. The van der Waals surface area contributed by atoms with E-state index in [1.165, 1.54) is 30.7 Å². The van der Waals surface area contributed by atoms with E-state index in [4.69, 9.17) is 9.72 Å². The molecule has 5 aromatic rings. The Balaban J connectivity index is 1.42. The fourth-order valence-electron chi connectivity index (χ4n) is 3.32. The SMILES string of the molecule is Cc1ncccc1Oc1ccc([AsH]c2nccc3c(-c4ccsc4)cccc23)cn1. The van der Waals surface area contributed by atoms with Crippen LogP contribution in [0.5, 0.6) is 11.6 Å². The normalized spacial score (nSPS) is 11.4. The van der Waals surface area contributed by atoms with Crippen LogP contribution in [-0.2, 0) is 0 Å². The molecule has 0 aliphatic rings. The molecule has 0 N–H and O–H groups in total. The van der Waals surface area contributed by atoms with Gasteiger partial charge in [-0.25, -0.2) is 0 Å². The molecular weight excluding hydrogens is 453 g/mol. The summed E-state index contributed by atoms with van der Waals surface area (Å²) in [4.78, 5) is 13.5. The van der Waals surface area contributed by atoms with Gasteiger partial charge in [0.05, 0.1) is 0 Å². The zero-order valence-corrected chi connectivity index (χ0v) is 19.2. The second kappa shape index (κ2) is 8.39. The van der Waals surface area contributed by atoms with Crippen LogP contribution >= 0.6 is 11.3 Å². The quantitative estimate of drug-likeness (QED) is 0.360. The summed E-state index contributed by atoms with van der Waals surface area (Å²) < 4.78 is 8.25. The summed E-state index contributed by atoms with van der Waals surface area (Å²) >= 11 is 1.10. The third kappa shape index (κ3) is 3.87. The molecule has 0 aliphatic heterocycles. The van der Waals surface area contributed by atoms with Crippen molar-refractivity contribution in [3.8, 4) is 22.8 Å². The third-order valence-electron chi connectivity index (χ3n) is 4.81. The van der Waals surface area contributed by atoms with Crippen LogP contribution in [0.3, 0.4) is 0 Å². The number of aromatic nitrogens is 3. The molecule has 0 fully saturated rings. The predicted molar refractivity (Wildman–Crippen MR) is 125 cm³/mol. The second-order valence-corrected chi connectivity index (χ2v) is 10.3. The Labute approximate surface area is 185 Å². The first-order valence-corrected chi connectivity index (χ1v) is 12.5. The van der Waals surface area contributed by atoms with Crippen molar-refractivity contribution in [2.24, 2.45) is 0 Å². The van der Waals surface area contributed by atoms with Crippen molar-refractivity contribution < 1.29 is 4.74 Å². The van der Waals surface area contributed by atoms with Gasteiger partial charge in [-0.3, -0.25) is 0 Å². The van der Waals surface area contributed by atoms with Crippen LogP contribution in [0.1, 0.15) is 5.69 Å². The van der Waals surface area contributed by atoms with Crippen LogP contribution in [0, 0.1) is 6.92 Å². The van der Waals surface area contributed by atoms with E-state index >= 15 is 0 Å². The molecule has 146 valence electrons. The molecule has 4 aromatic heterocycles. The van der Waals surface area contributed by atoms with Crippen molar-refractivity contribution in [2.45, 2.75) is 6.92 Å². The zero-order chi connectivity index (χ0) is 20.3. The number of fused-ring (bicyclic) bond motifs is 1. The molecule has 0 bridgehead atoms. The van der Waals surface area contributed by atoms with E-state index in [0.717, 1.165) is 11.4 Å². The third-order valence-corrected chi connectivity index (χ3v) is 8.05. The van der Waals surface area contributed by atoms with Crippen LogP contribution in [0.2, 0.25) is 0 Å². The molecule has 0 spiro atoms. The van der Waals surface area contributed by atoms with Crippen LogP contribution in [0.4, 0.5) is 0 Å². The molecule has 1 atom stereocenters. The van der Waals surface area contributed by atoms with Gasteiger partial charge in [0.2, 0.25) is 0 Å². The van der Waals surface area contributed by atoms with Crippen molar-refractivity contribution >= 4 is 46.7 Å². The number of aryl methyl sites for hydroxylation is 1. The Hall–Kier alpha value is -3.01. The van der Waals surface area contributed by atoms with Crippen molar-refractivity contribution in [1.82, 2.24) is 15.0 Å². The van der Waals surface area contributed by atoms with E-state index < -0.39 is 15.8 Å². The van der Waals surface area contributed by atoms with Gasteiger partial charge in [-0.15, -0.1) is 0 Å². The summed E-state index contributed by atoms with van der Waals surface area (Å²) in [7, 11) is 0. The fourth-order valence-corrected chi connectivity index (χ4v) is 6.20. The van der Waals surface area contributed by atoms with Crippen molar-refractivity contribution in [2.75, 3.05) is 0 Å². The van der Waals surface area contributed by atoms with Crippen LogP contribution < -0.4 is 13.6 Å². The van der Waals surface area contributed by atoms with Gasteiger partial charge in [0.15, 0.2) is 0 Å². The molecule has 0 radical (unpaired) electrons. The van der Waals surface area contributed by atoms with E-state index in [-0.39, 0.29) is 0 Å². The van der Waals surface area contributed by atoms with Gasteiger partial charge in [0, 0.05) is 0 Å². The monoisotopic (exact) mass is 471 g/mol. The summed E-state index contributed by atoms with van der Waals surface area (Å²) in [5.74, 6) is 1.30. The summed E-state index contributed by atoms with van der Waals surface area (Å²) in [6.45, 7) is 1.92. The number of thiophene rings is 1. The molecule has 0 aliphatic carbocycles. The first-order chi connectivity index (χ1) is 14.8. The van der Waals surface area contributed by atoms with Crippen molar-refractivity contribution in [3.05, 3.63) is 89.6 Å². The maximum absolute atomic E-state index is 5.87. The van der Waals surface area contributed by atoms with Gasteiger partial charge >= 0.3 is 186 Å². The van der Waals surface area contributed by atoms with Gasteiger partial charge < -0.3 is 0 Å². The van der Waals surface area contributed by atoms with Crippen LogP contribution in [-0.4, -0.2) is 30.7 Å². The van der Waals surface area contributed by atoms with E-state index in [2.05, 4.69) is 57.1 Å². The first-order valence-electron chi connectivity index (χ1n) is 9.51. The fraction of sp³-hybridized carbons (Fsp3) is 0.0417. The molecule has 0 amide bonds. The van der Waals surface area contributed by atoms with E-state index in [0.29, 0.717) is 5.88 Å². The van der Waals surface area contributed by atoms with Crippen molar-refractivity contribution in [1.29, 1.82) is 0 Å². The Morgan fingerprint density at radius 1 is 0.867 bits per heavy atom. The van der Waals surface area contributed by atoms with Gasteiger partial charge in [-0.1, -0.05) is 0 Å². The van der Waals surface area contributed by atoms with Crippen LogP contribution in [0.25, 0.3) is 21.9 Å². The molecule has 4 heterocycles. The standard InChI is InChI=1S/C24H18AsN3OS/c1-16-22(6-3-11-26-16)29-23-8-7-18(14-28-23)25-24-21-5-2-4-19(17-10-13-30-15-17)20(21)9-12-27-24/h2-15,25H,1H3. The Morgan fingerprint density at radius 2 is 1.83 bits per heavy atom. The minimum absolute atomic E-state index is 0.576. The second-order valence-electron chi connectivity index (χ2n) is 6.77. The number of ether oxygens (including phenoxy) is 1. The molecule has 1 aromatic carbocycles. The Morgan fingerprint density at radius 3 is 2.63 bits per heavy atom. The first kappa shape index (κ1) is 19.0. The number of hydrogen-bond donors (Lipinski definition) is 0. The number of hydrogen-bond acceptors (Lipinski definition) is 5. The van der Waals surface area contributed by atoms with E-state index in [9.17, 15) is 0 Å². The molecular formula is C24H18AsN3OS. The molecule has 0 saturated carbocycles. The average molecular weight is 471 g/mol. The topological polar surface area (TPSA) is 47.9 Å². The molecule has 1 unspecified atom stereocenters. The number of pyridine rings is 3. The summed E-state index contributed by atoms with van der Waals surface area (Å²) in [6, 6.07) is 18.5. The molecule has 6 heteroatoms. The molecule has 5 rings (SSSR count). The van der Waals surface area contributed by atoms with Gasteiger partial charge in [0.25, 0.3) is 0 Å². The summed E-state index contributed by atoms with van der Waals surface area (Å²) in [5.41, 5.74) is 3.37. The molecule has 0 saturated heterocycles. The average Bonchev–Trinajstić information content (AvgIpc) is 3.31. The number of benzene rings is 1. The van der Waals surface area contributed by atoms with Crippen molar-refractivity contribution in [3.63, 3.8) is 0 Å².